The molecule has 154 valence electrons. The molecule has 2 aromatic carbocycles. The Bertz CT molecular complexity index is 1010. The smallest absolute Gasteiger partial charge is 0.243 e. The van der Waals surface area contributed by atoms with Crippen LogP contribution >= 0.6 is 15.9 Å². The maximum Gasteiger partial charge on any atom is 0.243 e. The van der Waals surface area contributed by atoms with Crippen molar-refractivity contribution in [3.63, 3.8) is 0 Å². The van der Waals surface area contributed by atoms with Crippen molar-refractivity contribution in [1.29, 1.82) is 0 Å². The van der Waals surface area contributed by atoms with Crippen molar-refractivity contribution >= 4 is 37.5 Å². The molecule has 2 aliphatic heterocycles. The molecule has 2 aliphatic rings. The summed E-state index contributed by atoms with van der Waals surface area (Å²) < 4.78 is 39.1. The molecule has 0 spiro atoms. The minimum atomic E-state index is -3.63. The monoisotopic (exact) mass is 480 g/mol. The molecule has 1 saturated heterocycles. The van der Waals surface area contributed by atoms with Gasteiger partial charge in [0.15, 0.2) is 11.5 Å². The van der Waals surface area contributed by atoms with Crippen LogP contribution in [0.15, 0.2) is 51.8 Å². The number of hydrogen-bond acceptors (Lipinski definition) is 5. The number of anilines is 1. The highest BCUT2D eigenvalue weighted by Gasteiger charge is 2.33. The van der Waals surface area contributed by atoms with E-state index in [1.807, 2.05) is 0 Å². The Labute approximate surface area is 178 Å². The number of sulfonamides is 1. The van der Waals surface area contributed by atoms with E-state index in [2.05, 4.69) is 21.2 Å². The zero-order chi connectivity index (χ0) is 20.4. The van der Waals surface area contributed by atoms with Gasteiger partial charge in [-0.1, -0.05) is 15.9 Å². The fraction of sp³-hybridized carbons (Fsp3) is 0.350. The van der Waals surface area contributed by atoms with Gasteiger partial charge in [-0.25, -0.2) is 8.42 Å². The largest absolute Gasteiger partial charge is 0.486 e. The van der Waals surface area contributed by atoms with Crippen molar-refractivity contribution in [3.8, 4) is 11.5 Å². The first-order valence-electron chi connectivity index (χ1n) is 9.40. The lowest BCUT2D eigenvalue weighted by atomic mass is 9.98. The highest BCUT2D eigenvalue weighted by Crippen LogP contribution is 2.33. The Hall–Kier alpha value is -2.10. The number of amides is 1. The van der Waals surface area contributed by atoms with Gasteiger partial charge in [-0.15, -0.1) is 0 Å². The summed E-state index contributed by atoms with van der Waals surface area (Å²) in [4.78, 5) is 13.0. The molecule has 4 rings (SSSR count). The third-order valence-electron chi connectivity index (χ3n) is 5.02. The first-order valence-corrected chi connectivity index (χ1v) is 11.6. The molecule has 1 amide bonds. The number of rotatable bonds is 4. The topological polar surface area (TPSA) is 84.9 Å². The molecule has 0 bridgehead atoms. The van der Waals surface area contributed by atoms with E-state index in [4.69, 9.17) is 9.47 Å². The maximum absolute atomic E-state index is 12.9. The normalized spacial score (nSPS) is 19.6. The van der Waals surface area contributed by atoms with Crippen LogP contribution in [0.25, 0.3) is 0 Å². The zero-order valence-electron chi connectivity index (χ0n) is 15.6. The quantitative estimate of drug-likeness (QED) is 0.725. The second-order valence-electron chi connectivity index (χ2n) is 7.00. The first kappa shape index (κ1) is 20.2. The Balaban J connectivity index is 1.45. The summed E-state index contributed by atoms with van der Waals surface area (Å²) in [5.74, 6) is 0.635. The number of nitrogens with zero attached hydrogens (tertiary/aromatic N) is 1. The van der Waals surface area contributed by atoms with Crippen molar-refractivity contribution in [1.82, 2.24) is 4.31 Å². The predicted molar refractivity (Wildman–Crippen MR) is 112 cm³/mol. The van der Waals surface area contributed by atoms with Crippen LogP contribution in [-0.2, 0) is 14.8 Å². The van der Waals surface area contributed by atoms with E-state index in [1.165, 1.54) is 4.31 Å². The summed E-state index contributed by atoms with van der Waals surface area (Å²) in [6.45, 7) is 1.54. The molecule has 7 nitrogen and oxygen atoms in total. The lowest BCUT2D eigenvalue weighted by molar-refractivity contribution is -0.120. The van der Waals surface area contributed by atoms with Gasteiger partial charge in [0.2, 0.25) is 15.9 Å². The van der Waals surface area contributed by atoms with Crippen LogP contribution in [0.5, 0.6) is 11.5 Å². The van der Waals surface area contributed by atoms with E-state index < -0.39 is 15.9 Å². The van der Waals surface area contributed by atoms with Gasteiger partial charge in [-0.3, -0.25) is 4.79 Å². The van der Waals surface area contributed by atoms with E-state index >= 15 is 0 Å². The number of piperidine rings is 1. The van der Waals surface area contributed by atoms with E-state index in [0.717, 1.165) is 4.47 Å². The van der Waals surface area contributed by atoms with Gasteiger partial charge < -0.3 is 14.8 Å². The number of halogens is 1. The summed E-state index contributed by atoms with van der Waals surface area (Å²) in [6, 6.07) is 11.8. The number of hydrogen-bond donors (Lipinski definition) is 1. The maximum atomic E-state index is 12.9. The molecule has 9 heteroatoms. The average molecular weight is 481 g/mol. The number of nitrogens with one attached hydrogen (secondary N) is 1. The number of carbonyl (C=O) groups excluding carboxylic acids is 1. The Morgan fingerprint density at radius 1 is 1.07 bits per heavy atom. The van der Waals surface area contributed by atoms with Crippen molar-refractivity contribution in [2.45, 2.75) is 17.7 Å². The van der Waals surface area contributed by atoms with Crippen LogP contribution < -0.4 is 14.8 Å². The lowest BCUT2D eigenvalue weighted by Gasteiger charge is -2.31. The summed E-state index contributed by atoms with van der Waals surface area (Å²) >= 11 is 3.31. The Morgan fingerprint density at radius 3 is 2.55 bits per heavy atom. The molecular weight excluding hydrogens is 460 g/mol. The van der Waals surface area contributed by atoms with Crippen LogP contribution in [-0.4, -0.2) is 44.9 Å². The van der Waals surface area contributed by atoms with Crippen LogP contribution in [0.1, 0.15) is 12.8 Å². The van der Waals surface area contributed by atoms with Gasteiger partial charge in [0.1, 0.15) is 13.2 Å². The fourth-order valence-corrected chi connectivity index (χ4v) is 5.28. The zero-order valence-corrected chi connectivity index (χ0v) is 18.0. The summed E-state index contributed by atoms with van der Waals surface area (Å²) in [5, 5.41) is 2.88. The molecule has 0 aliphatic carbocycles. The molecule has 0 radical (unpaired) electrons. The van der Waals surface area contributed by atoms with E-state index in [1.54, 1.807) is 42.5 Å². The second-order valence-corrected chi connectivity index (χ2v) is 9.86. The van der Waals surface area contributed by atoms with Crippen molar-refractivity contribution in [2.75, 3.05) is 31.6 Å². The number of fused-ring (bicyclic) bond motifs is 1. The number of carbonyl (C=O) groups is 1. The van der Waals surface area contributed by atoms with Crippen LogP contribution in [0.3, 0.4) is 0 Å². The lowest BCUT2D eigenvalue weighted by Crippen LogP contribution is -2.43. The van der Waals surface area contributed by atoms with Gasteiger partial charge in [-0.2, -0.15) is 4.31 Å². The van der Waals surface area contributed by atoms with E-state index in [0.29, 0.717) is 49.8 Å². The molecule has 29 heavy (non-hydrogen) atoms. The second kappa shape index (κ2) is 8.33. The molecule has 1 N–H and O–H groups in total. The van der Waals surface area contributed by atoms with Gasteiger partial charge in [0, 0.05) is 29.3 Å². The minimum absolute atomic E-state index is 0.161. The number of benzene rings is 2. The number of ether oxygens (including phenoxy) is 2. The van der Waals surface area contributed by atoms with Gasteiger partial charge in [0.25, 0.3) is 0 Å². The van der Waals surface area contributed by atoms with Crippen molar-refractivity contribution < 1.29 is 22.7 Å². The Morgan fingerprint density at radius 2 is 1.79 bits per heavy atom. The van der Waals surface area contributed by atoms with Crippen LogP contribution in [0.2, 0.25) is 0 Å². The minimum Gasteiger partial charge on any atom is -0.486 e. The van der Waals surface area contributed by atoms with Crippen LogP contribution in [0.4, 0.5) is 5.69 Å². The van der Waals surface area contributed by atoms with E-state index in [9.17, 15) is 13.2 Å². The third kappa shape index (κ3) is 4.41. The van der Waals surface area contributed by atoms with Crippen molar-refractivity contribution in [3.05, 3.63) is 46.9 Å². The van der Waals surface area contributed by atoms with Gasteiger partial charge in [-0.05, 0) is 49.2 Å². The Kier molecular flexibility index (Phi) is 5.80. The summed E-state index contributed by atoms with van der Waals surface area (Å²) in [6.07, 6.45) is 1.28. The SMILES string of the molecule is O=C(Nc1ccc2c(c1)OCCO2)[C@@H]1CCCN(S(=O)(=O)c2ccc(Br)cc2)C1. The molecule has 0 unspecified atom stereocenters. The standard InChI is InChI=1S/C20H21BrN2O5S/c21-15-3-6-17(7-4-15)29(25,26)23-9-1-2-14(13-23)20(24)22-16-5-8-18-19(12-16)28-11-10-27-18/h3-8,12,14H,1-2,9-11,13H2,(H,22,24)/t14-/m1/s1. The molecule has 2 aromatic rings. The van der Waals surface area contributed by atoms with Gasteiger partial charge >= 0.3 is 0 Å². The summed E-state index contributed by atoms with van der Waals surface area (Å²) in [7, 11) is -3.63. The average Bonchev–Trinajstić information content (AvgIpc) is 2.74. The molecule has 1 atom stereocenters. The van der Waals surface area contributed by atoms with Crippen molar-refractivity contribution in [2.24, 2.45) is 5.92 Å². The molecular formula is C20H21BrN2O5S. The molecule has 0 aromatic heterocycles. The molecule has 1 fully saturated rings. The van der Waals surface area contributed by atoms with Gasteiger partial charge in [0.05, 0.1) is 10.8 Å². The highest BCUT2D eigenvalue weighted by molar-refractivity contribution is 9.10. The predicted octanol–water partition coefficient (Wildman–Crippen LogP) is 3.26. The fourth-order valence-electron chi connectivity index (χ4n) is 3.50. The molecule has 2 heterocycles. The third-order valence-corrected chi connectivity index (χ3v) is 7.42. The van der Waals surface area contributed by atoms with E-state index in [-0.39, 0.29) is 17.3 Å². The highest BCUT2D eigenvalue weighted by atomic mass is 79.9. The summed E-state index contributed by atoms with van der Waals surface area (Å²) in [5.41, 5.74) is 0.604. The first-order chi connectivity index (χ1) is 13.9. The molecule has 0 saturated carbocycles. The van der Waals surface area contributed by atoms with Crippen LogP contribution in [0, 0.1) is 5.92 Å².